The summed E-state index contributed by atoms with van der Waals surface area (Å²) in [6.45, 7) is 21.5. The molecule has 0 unspecified atom stereocenters. The lowest BCUT2D eigenvalue weighted by atomic mass is 10.2. The fraction of sp³-hybridized carbons (Fsp3) is 0.806. The molecule has 1 rings (SSSR count). The molecule has 2 N–H and O–H groups in total. The molecular formula is C31H60BF3N2O3. The maximum atomic E-state index is 12.0. The van der Waals surface area contributed by atoms with E-state index in [4.69, 9.17) is 10.0 Å². The van der Waals surface area contributed by atoms with E-state index in [2.05, 4.69) is 56.0 Å². The van der Waals surface area contributed by atoms with Gasteiger partial charge in [0.1, 0.15) is 5.75 Å². The zero-order valence-electron chi connectivity index (χ0n) is 26.4. The van der Waals surface area contributed by atoms with E-state index in [1.165, 1.54) is 116 Å². The smallest absolute Gasteiger partial charge is 0.512 e. The molecule has 5 nitrogen and oxygen atoms in total. The predicted molar refractivity (Wildman–Crippen MR) is 165 cm³/mol. The Balaban J connectivity index is 0. The van der Waals surface area contributed by atoms with E-state index in [0.29, 0.717) is 0 Å². The number of alkyl halides is 3. The Morgan fingerprint density at radius 2 is 0.850 bits per heavy atom. The van der Waals surface area contributed by atoms with Crippen molar-refractivity contribution in [3.05, 3.63) is 29.8 Å². The lowest BCUT2D eigenvalue weighted by Gasteiger charge is -2.21. The number of rotatable bonds is 20. The standard InChI is InChI=1S/2C12H27N.C7H6BF3O3/c2*1-4-7-10-13(11-8-5-2)12-9-6-3;9-7(10,11)5-1-3-6(4-2-5)14-8(12)13/h2*4-12H2,1-3H3;1-4,12-13H. The molecule has 0 saturated heterocycles. The molecular weight excluding hydrogens is 516 g/mol. The summed E-state index contributed by atoms with van der Waals surface area (Å²) < 4.78 is 40.5. The maximum absolute atomic E-state index is 12.0. The summed E-state index contributed by atoms with van der Waals surface area (Å²) in [5.41, 5.74) is -0.822. The number of benzene rings is 1. The highest BCUT2D eigenvalue weighted by Gasteiger charge is 2.30. The molecule has 9 heteroatoms. The van der Waals surface area contributed by atoms with Gasteiger partial charge in [-0.2, -0.15) is 13.2 Å². The van der Waals surface area contributed by atoms with Gasteiger partial charge < -0.3 is 24.5 Å². The Morgan fingerprint density at radius 3 is 1.05 bits per heavy atom. The SMILES string of the molecule is CCCCN(CCCC)CCCC.CCCCN(CCCC)CCCC.OB(O)Oc1ccc(C(F)(F)F)cc1. The van der Waals surface area contributed by atoms with Crippen molar-refractivity contribution in [3.63, 3.8) is 0 Å². The van der Waals surface area contributed by atoms with Crippen LogP contribution in [0.25, 0.3) is 0 Å². The highest BCUT2D eigenvalue weighted by Crippen LogP contribution is 2.30. The molecule has 0 aliphatic carbocycles. The normalized spacial score (nSPS) is 11.1. The summed E-state index contributed by atoms with van der Waals surface area (Å²) >= 11 is 0. The van der Waals surface area contributed by atoms with Crippen molar-refractivity contribution in [2.45, 2.75) is 125 Å². The largest absolute Gasteiger partial charge is 0.707 e. The second-order valence-corrected chi connectivity index (χ2v) is 10.3. The van der Waals surface area contributed by atoms with Crippen LogP contribution in [0.2, 0.25) is 0 Å². The number of nitrogens with zero attached hydrogens (tertiary/aromatic N) is 2. The number of unbranched alkanes of at least 4 members (excludes halogenated alkanes) is 6. The van der Waals surface area contributed by atoms with Crippen molar-refractivity contribution in [3.8, 4) is 5.75 Å². The van der Waals surface area contributed by atoms with Crippen LogP contribution in [-0.4, -0.2) is 66.4 Å². The Bertz CT molecular complexity index is 588. The van der Waals surface area contributed by atoms with E-state index in [1.807, 2.05) is 0 Å². The first kappa shape index (κ1) is 40.9. The summed E-state index contributed by atoms with van der Waals surface area (Å²) in [5, 5.41) is 16.7. The van der Waals surface area contributed by atoms with Crippen LogP contribution in [-0.2, 0) is 6.18 Å². The Morgan fingerprint density at radius 1 is 0.575 bits per heavy atom. The number of hydrogen-bond acceptors (Lipinski definition) is 5. The van der Waals surface area contributed by atoms with Gasteiger partial charge in [-0.1, -0.05) is 80.1 Å². The fourth-order valence-corrected chi connectivity index (χ4v) is 3.81. The van der Waals surface area contributed by atoms with Crippen molar-refractivity contribution in [2.24, 2.45) is 0 Å². The van der Waals surface area contributed by atoms with Crippen LogP contribution in [0.4, 0.5) is 13.2 Å². The molecule has 0 atom stereocenters. The number of hydrogen-bond donors (Lipinski definition) is 2. The molecule has 0 aliphatic rings. The van der Waals surface area contributed by atoms with Crippen LogP contribution in [0, 0.1) is 0 Å². The van der Waals surface area contributed by atoms with Crippen LogP contribution in [0.5, 0.6) is 5.75 Å². The van der Waals surface area contributed by atoms with Crippen molar-refractivity contribution < 1.29 is 27.9 Å². The molecule has 0 amide bonds. The van der Waals surface area contributed by atoms with E-state index >= 15 is 0 Å². The lowest BCUT2D eigenvalue weighted by molar-refractivity contribution is -0.137. The zero-order valence-corrected chi connectivity index (χ0v) is 26.4. The van der Waals surface area contributed by atoms with Gasteiger partial charge in [0.05, 0.1) is 5.56 Å². The molecule has 0 heterocycles. The van der Waals surface area contributed by atoms with E-state index in [0.717, 1.165) is 24.3 Å². The molecule has 0 bridgehead atoms. The van der Waals surface area contributed by atoms with Gasteiger partial charge in [0.25, 0.3) is 0 Å². The van der Waals surface area contributed by atoms with Crippen LogP contribution >= 0.6 is 0 Å². The maximum Gasteiger partial charge on any atom is 0.707 e. The number of halogens is 3. The molecule has 0 aromatic heterocycles. The topological polar surface area (TPSA) is 56.2 Å². The van der Waals surface area contributed by atoms with Crippen molar-refractivity contribution in [2.75, 3.05) is 39.3 Å². The second-order valence-electron chi connectivity index (χ2n) is 10.3. The Labute approximate surface area is 244 Å². The molecule has 1 aromatic rings. The lowest BCUT2D eigenvalue weighted by Crippen LogP contribution is -2.27. The molecule has 0 saturated carbocycles. The summed E-state index contributed by atoms with van der Waals surface area (Å²) in [4.78, 5) is 5.27. The molecule has 0 aliphatic heterocycles. The first-order valence-corrected chi connectivity index (χ1v) is 15.7. The van der Waals surface area contributed by atoms with Gasteiger partial charge in [0, 0.05) is 0 Å². The minimum atomic E-state index is -4.41. The third-order valence-corrected chi connectivity index (χ3v) is 6.39. The average Bonchev–Trinajstić information content (AvgIpc) is 2.92. The van der Waals surface area contributed by atoms with Crippen molar-refractivity contribution in [1.82, 2.24) is 9.80 Å². The third-order valence-electron chi connectivity index (χ3n) is 6.39. The molecule has 40 heavy (non-hydrogen) atoms. The van der Waals surface area contributed by atoms with Crippen molar-refractivity contribution in [1.29, 1.82) is 0 Å². The van der Waals surface area contributed by atoms with Gasteiger partial charge in [-0.05, 0) is 102 Å². The average molecular weight is 577 g/mol. The van der Waals surface area contributed by atoms with E-state index < -0.39 is 19.1 Å². The molecule has 236 valence electrons. The van der Waals surface area contributed by atoms with E-state index in [1.54, 1.807) is 0 Å². The van der Waals surface area contributed by atoms with Gasteiger partial charge in [0.2, 0.25) is 0 Å². The predicted octanol–water partition coefficient (Wildman–Crippen LogP) is 8.43. The first-order chi connectivity index (χ1) is 19.1. The van der Waals surface area contributed by atoms with Gasteiger partial charge in [-0.15, -0.1) is 0 Å². The van der Waals surface area contributed by atoms with Crippen LogP contribution < -0.4 is 4.65 Å². The summed E-state index contributed by atoms with van der Waals surface area (Å²) in [5.74, 6) is -0.0481. The minimum Gasteiger partial charge on any atom is -0.512 e. The summed E-state index contributed by atoms with van der Waals surface area (Å²) in [6, 6.07) is 3.58. The molecule has 0 spiro atoms. The Kier molecular flexibility index (Phi) is 28.5. The van der Waals surface area contributed by atoms with Gasteiger partial charge in [0.15, 0.2) is 0 Å². The van der Waals surface area contributed by atoms with E-state index in [9.17, 15) is 13.2 Å². The molecule has 1 aromatic carbocycles. The molecule has 0 fully saturated rings. The highest BCUT2D eigenvalue weighted by molar-refractivity contribution is 6.33. The quantitative estimate of drug-likeness (QED) is 0.153. The highest BCUT2D eigenvalue weighted by atomic mass is 19.4. The zero-order chi connectivity index (χ0) is 30.7. The van der Waals surface area contributed by atoms with Gasteiger partial charge in [-0.3, -0.25) is 0 Å². The minimum absolute atomic E-state index is 0.0481. The third kappa shape index (κ3) is 25.7. The Hall–Kier alpha value is -1.29. The van der Waals surface area contributed by atoms with Crippen LogP contribution in [0.1, 0.15) is 124 Å². The summed E-state index contributed by atoms with van der Waals surface area (Å²) in [7, 11) is -2.04. The van der Waals surface area contributed by atoms with E-state index in [-0.39, 0.29) is 5.75 Å². The molecule has 0 radical (unpaired) electrons. The van der Waals surface area contributed by atoms with Crippen LogP contribution in [0.15, 0.2) is 24.3 Å². The second kappa shape index (κ2) is 27.9. The first-order valence-electron chi connectivity index (χ1n) is 15.7. The summed E-state index contributed by atoms with van der Waals surface area (Å²) in [6.07, 6.45) is 11.8. The van der Waals surface area contributed by atoms with Crippen LogP contribution in [0.3, 0.4) is 0 Å². The van der Waals surface area contributed by atoms with Gasteiger partial charge in [-0.25, -0.2) is 0 Å². The monoisotopic (exact) mass is 576 g/mol. The van der Waals surface area contributed by atoms with Gasteiger partial charge >= 0.3 is 13.5 Å². The fourth-order valence-electron chi connectivity index (χ4n) is 3.81. The van der Waals surface area contributed by atoms with Crippen molar-refractivity contribution >= 4 is 7.32 Å².